The van der Waals surface area contributed by atoms with Crippen LogP contribution in [0.4, 0.5) is 17.1 Å². The third-order valence-electron chi connectivity index (χ3n) is 9.68. The Kier molecular flexibility index (Phi) is 6.18. The van der Waals surface area contributed by atoms with Gasteiger partial charge in [0.25, 0.3) is 0 Å². The van der Waals surface area contributed by atoms with Crippen LogP contribution in [0.15, 0.2) is 185 Å². The van der Waals surface area contributed by atoms with Crippen LogP contribution in [-0.4, -0.2) is 0 Å². The van der Waals surface area contributed by atoms with Gasteiger partial charge in [0.1, 0.15) is 22.3 Å². The van der Waals surface area contributed by atoms with E-state index in [1.807, 2.05) is 24.3 Å². The van der Waals surface area contributed by atoms with Crippen molar-refractivity contribution in [2.75, 3.05) is 4.90 Å². The molecule has 3 nitrogen and oxygen atoms in total. The lowest BCUT2D eigenvalue weighted by atomic mass is 9.99. The fraction of sp³-hybridized carbons (Fsp3) is 0. The van der Waals surface area contributed by atoms with E-state index in [1.54, 1.807) is 0 Å². The summed E-state index contributed by atoms with van der Waals surface area (Å²) in [7, 11) is 0. The maximum absolute atomic E-state index is 6.51. The van der Waals surface area contributed by atoms with Gasteiger partial charge in [-0.15, -0.1) is 0 Å². The highest BCUT2D eigenvalue weighted by atomic mass is 16.3. The molecule has 0 saturated carbocycles. The Hall–Kier alpha value is -6.58. The quantitative estimate of drug-likeness (QED) is 0.190. The molecule has 0 aliphatic carbocycles. The second-order valence-electron chi connectivity index (χ2n) is 12.5. The van der Waals surface area contributed by atoms with Crippen LogP contribution in [-0.2, 0) is 0 Å². The lowest BCUT2D eigenvalue weighted by Gasteiger charge is -2.27. The van der Waals surface area contributed by atoms with Crippen molar-refractivity contribution in [1.29, 1.82) is 0 Å². The zero-order valence-corrected chi connectivity index (χ0v) is 26.5. The molecule has 49 heavy (non-hydrogen) atoms. The zero-order valence-electron chi connectivity index (χ0n) is 26.5. The third-order valence-corrected chi connectivity index (χ3v) is 9.68. The number of anilines is 3. The van der Waals surface area contributed by atoms with Gasteiger partial charge in [0.2, 0.25) is 0 Å². The first-order valence-electron chi connectivity index (χ1n) is 16.6. The Morgan fingerprint density at radius 3 is 1.63 bits per heavy atom. The molecule has 0 aliphatic heterocycles. The van der Waals surface area contributed by atoms with E-state index in [-0.39, 0.29) is 0 Å². The van der Waals surface area contributed by atoms with Gasteiger partial charge in [0, 0.05) is 49.9 Å². The molecular formula is C46H29NO2. The van der Waals surface area contributed by atoms with Crippen molar-refractivity contribution in [1.82, 2.24) is 0 Å². The highest BCUT2D eigenvalue weighted by Gasteiger charge is 2.21. The summed E-state index contributed by atoms with van der Waals surface area (Å²) in [6.07, 6.45) is 0. The first kappa shape index (κ1) is 27.5. The van der Waals surface area contributed by atoms with Crippen LogP contribution in [0.25, 0.3) is 76.9 Å². The number of rotatable bonds is 5. The van der Waals surface area contributed by atoms with Gasteiger partial charge in [-0.2, -0.15) is 0 Å². The monoisotopic (exact) mass is 627 g/mol. The van der Waals surface area contributed by atoms with Crippen molar-refractivity contribution in [3.8, 4) is 22.3 Å². The van der Waals surface area contributed by atoms with Crippen LogP contribution in [0, 0.1) is 0 Å². The second-order valence-corrected chi connectivity index (χ2v) is 12.5. The molecule has 0 spiro atoms. The van der Waals surface area contributed by atoms with E-state index in [4.69, 9.17) is 8.83 Å². The molecule has 0 atom stereocenters. The highest BCUT2D eigenvalue weighted by molar-refractivity contribution is 6.22. The van der Waals surface area contributed by atoms with E-state index in [0.29, 0.717) is 0 Å². The maximum atomic E-state index is 6.51. The molecule has 0 bridgehead atoms. The predicted molar refractivity (Wildman–Crippen MR) is 204 cm³/mol. The average molecular weight is 628 g/mol. The molecule has 0 unspecified atom stereocenters. The number of para-hydroxylation sites is 3. The molecule has 8 aromatic carbocycles. The minimum absolute atomic E-state index is 0.869. The largest absolute Gasteiger partial charge is 0.456 e. The summed E-state index contributed by atoms with van der Waals surface area (Å²) in [4.78, 5) is 2.34. The summed E-state index contributed by atoms with van der Waals surface area (Å²) >= 11 is 0. The van der Waals surface area contributed by atoms with Gasteiger partial charge in [-0.1, -0.05) is 133 Å². The Balaban J connectivity index is 1.17. The minimum atomic E-state index is 0.869. The topological polar surface area (TPSA) is 29.5 Å². The Bertz CT molecular complexity index is 2810. The number of nitrogens with zero attached hydrogens (tertiary/aromatic N) is 1. The summed E-state index contributed by atoms with van der Waals surface area (Å²) in [5.74, 6) is 0. The number of furan rings is 2. The molecule has 0 aliphatic rings. The molecule has 10 rings (SSSR count). The summed E-state index contributed by atoms with van der Waals surface area (Å²) in [6, 6.07) is 61.9. The minimum Gasteiger partial charge on any atom is -0.456 e. The Morgan fingerprint density at radius 1 is 0.347 bits per heavy atom. The Morgan fingerprint density at radius 2 is 0.898 bits per heavy atom. The van der Waals surface area contributed by atoms with Crippen molar-refractivity contribution in [2.24, 2.45) is 0 Å². The fourth-order valence-corrected chi connectivity index (χ4v) is 7.38. The zero-order chi connectivity index (χ0) is 32.3. The van der Waals surface area contributed by atoms with E-state index in [1.165, 1.54) is 16.5 Å². The van der Waals surface area contributed by atoms with Crippen LogP contribution < -0.4 is 4.90 Å². The van der Waals surface area contributed by atoms with E-state index in [2.05, 4.69) is 157 Å². The van der Waals surface area contributed by atoms with Gasteiger partial charge >= 0.3 is 0 Å². The fourth-order valence-electron chi connectivity index (χ4n) is 7.38. The van der Waals surface area contributed by atoms with Crippen molar-refractivity contribution >= 4 is 71.7 Å². The van der Waals surface area contributed by atoms with Crippen LogP contribution >= 0.6 is 0 Å². The first-order chi connectivity index (χ1) is 24.3. The second kappa shape index (κ2) is 11.0. The first-order valence-corrected chi connectivity index (χ1v) is 16.6. The van der Waals surface area contributed by atoms with Gasteiger partial charge in [-0.25, -0.2) is 0 Å². The average Bonchev–Trinajstić information content (AvgIpc) is 3.75. The summed E-state index contributed by atoms with van der Waals surface area (Å²) < 4.78 is 12.9. The normalized spacial score (nSPS) is 11.7. The van der Waals surface area contributed by atoms with E-state index in [0.717, 1.165) is 77.5 Å². The highest BCUT2D eigenvalue weighted by Crippen LogP contribution is 2.45. The van der Waals surface area contributed by atoms with E-state index < -0.39 is 0 Å². The molecule has 2 aromatic heterocycles. The van der Waals surface area contributed by atoms with Crippen LogP contribution in [0.2, 0.25) is 0 Å². The molecular weight excluding hydrogens is 599 g/mol. The number of hydrogen-bond donors (Lipinski definition) is 0. The third kappa shape index (κ3) is 4.44. The smallest absolute Gasteiger partial charge is 0.143 e. The molecule has 0 fully saturated rings. The van der Waals surface area contributed by atoms with Crippen LogP contribution in [0.1, 0.15) is 0 Å². The van der Waals surface area contributed by atoms with Gasteiger partial charge in [-0.05, 0) is 58.5 Å². The summed E-state index contributed by atoms with van der Waals surface area (Å²) in [5.41, 5.74) is 11.3. The van der Waals surface area contributed by atoms with Gasteiger partial charge in [0.15, 0.2) is 0 Å². The summed E-state index contributed by atoms with van der Waals surface area (Å²) in [6.45, 7) is 0. The van der Waals surface area contributed by atoms with Crippen molar-refractivity contribution < 1.29 is 8.83 Å². The lowest BCUT2D eigenvalue weighted by Crippen LogP contribution is -2.10. The molecule has 0 amide bonds. The van der Waals surface area contributed by atoms with E-state index >= 15 is 0 Å². The maximum Gasteiger partial charge on any atom is 0.143 e. The van der Waals surface area contributed by atoms with Crippen molar-refractivity contribution in [3.63, 3.8) is 0 Å². The van der Waals surface area contributed by atoms with Gasteiger partial charge in [-0.3, -0.25) is 0 Å². The number of hydrogen-bond acceptors (Lipinski definition) is 3. The Labute approximate surface area is 282 Å². The molecule has 10 aromatic rings. The molecule has 0 radical (unpaired) electrons. The molecule has 3 heteroatoms. The van der Waals surface area contributed by atoms with Crippen molar-refractivity contribution in [3.05, 3.63) is 176 Å². The summed E-state index contributed by atoms with van der Waals surface area (Å²) in [5, 5.41) is 6.85. The van der Waals surface area contributed by atoms with Gasteiger partial charge < -0.3 is 13.7 Å². The lowest BCUT2D eigenvalue weighted by molar-refractivity contribution is 0.669. The number of benzene rings is 8. The number of fused-ring (bicyclic) bond motifs is 8. The SMILES string of the molecule is c1ccc(-c2ccc(N(c3ccc(-c4cccc5c4oc4ccccc45)cc3)c3cc4oc5ccccc5c4c4ccccc34)cc2)cc1. The molecule has 0 N–H and O–H groups in total. The van der Waals surface area contributed by atoms with Crippen molar-refractivity contribution in [2.45, 2.75) is 0 Å². The molecule has 230 valence electrons. The molecule has 0 saturated heterocycles. The molecule has 2 heterocycles. The van der Waals surface area contributed by atoms with Crippen LogP contribution in [0.3, 0.4) is 0 Å². The predicted octanol–water partition coefficient (Wildman–Crippen LogP) is 13.4. The standard InChI is InChI=1S/C46H29NO2/c1-2-11-30(12-3-1)31-21-25-33(26-22-31)47(41-29-44-45(38-15-5-4-13-36(38)41)40-16-7-9-20-43(40)48-44)34-27-23-32(24-28-34)35-17-10-18-39-37-14-6-8-19-42(37)49-46(35)39/h1-29H. The van der Waals surface area contributed by atoms with Gasteiger partial charge in [0.05, 0.1) is 5.69 Å². The van der Waals surface area contributed by atoms with E-state index in [9.17, 15) is 0 Å². The van der Waals surface area contributed by atoms with Crippen LogP contribution in [0.5, 0.6) is 0 Å².